The molecule has 2 aromatic heterocycles. The Hall–Kier alpha value is -4.61. The fourth-order valence-corrected chi connectivity index (χ4v) is 5.34. The summed E-state index contributed by atoms with van der Waals surface area (Å²) in [7, 11) is 0. The highest BCUT2D eigenvalue weighted by Crippen LogP contribution is 2.35. The molecule has 198 valence electrons. The number of thiol groups is 1. The van der Waals surface area contributed by atoms with Gasteiger partial charge < -0.3 is 4.98 Å². The molecule has 3 aromatic carbocycles. The standard InChI is InChI=1S/C32H28N6OS/c1-22-28(26-15-16-27(25(21-26)17-20-40)34-36-37-18-9-4-10-19-37)32(39)38-31(33-22)29(23-11-5-2-6-12-23)30(35-38)24-13-7-3-8-14-24/h2-3,5-8,11-16,21,33,40H,4,9-10,18-19H2,1H3. The molecule has 0 saturated carbocycles. The van der Waals surface area contributed by atoms with E-state index < -0.39 is 0 Å². The predicted octanol–water partition coefficient (Wildman–Crippen LogP) is 7.06. The molecule has 1 fully saturated rings. The van der Waals surface area contributed by atoms with E-state index in [0.29, 0.717) is 22.5 Å². The molecule has 3 heterocycles. The van der Waals surface area contributed by atoms with Crippen LogP contribution in [0.2, 0.25) is 0 Å². The lowest BCUT2D eigenvalue weighted by Crippen LogP contribution is -2.23. The molecule has 8 heteroatoms. The zero-order valence-corrected chi connectivity index (χ0v) is 23.0. The lowest BCUT2D eigenvalue weighted by Gasteiger charge is -2.21. The van der Waals surface area contributed by atoms with Crippen molar-refractivity contribution in [3.05, 3.63) is 100 Å². The first kappa shape index (κ1) is 25.7. The average Bonchev–Trinajstić information content (AvgIpc) is 3.38. The Morgan fingerprint density at radius 1 is 0.875 bits per heavy atom. The molecule has 1 saturated heterocycles. The Balaban J connectivity index is 1.50. The van der Waals surface area contributed by atoms with Crippen LogP contribution < -0.4 is 5.56 Å². The van der Waals surface area contributed by atoms with E-state index in [0.717, 1.165) is 59.6 Å². The lowest BCUT2D eigenvalue weighted by molar-refractivity contribution is 0.224. The summed E-state index contributed by atoms with van der Waals surface area (Å²) in [5.41, 5.74) is 7.27. The second kappa shape index (κ2) is 11.2. The normalized spacial score (nSPS) is 13.5. The highest BCUT2D eigenvalue weighted by atomic mass is 32.1. The third-order valence-corrected chi connectivity index (χ3v) is 7.28. The summed E-state index contributed by atoms with van der Waals surface area (Å²) in [5, 5.41) is 18.4. The first-order valence-electron chi connectivity index (χ1n) is 13.4. The first-order valence-corrected chi connectivity index (χ1v) is 13.8. The number of nitrogens with one attached hydrogen (secondary N) is 1. The van der Waals surface area contributed by atoms with Gasteiger partial charge in [-0.25, -0.2) is 0 Å². The molecule has 0 atom stereocenters. The third-order valence-electron chi connectivity index (χ3n) is 7.17. The number of aromatic amines is 1. The van der Waals surface area contributed by atoms with Crippen molar-refractivity contribution in [3.8, 4) is 44.7 Å². The summed E-state index contributed by atoms with van der Waals surface area (Å²) < 4.78 is 1.47. The van der Waals surface area contributed by atoms with Gasteiger partial charge in [-0.3, -0.25) is 9.80 Å². The summed E-state index contributed by atoms with van der Waals surface area (Å²) >= 11 is 4.12. The van der Waals surface area contributed by atoms with Crippen LogP contribution in [0.15, 0.2) is 94.0 Å². The van der Waals surface area contributed by atoms with Crippen LogP contribution in [0.1, 0.15) is 30.5 Å². The molecule has 0 bridgehead atoms. The molecule has 1 N–H and O–H groups in total. The van der Waals surface area contributed by atoms with Gasteiger partial charge >= 0.3 is 0 Å². The maximum Gasteiger partial charge on any atom is 0.282 e. The van der Waals surface area contributed by atoms with Crippen molar-refractivity contribution < 1.29 is 0 Å². The van der Waals surface area contributed by atoms with E-state index in [-0.39, 0.29) is 5.56 Å². The number of aromatic nitrogens is 3. The molecule has 5 aromatic rings. The van der Waals surface area contributed by atoms with Gasteiger partial charge in [0, 0.05) is 24.3 Å². The molecule has 7 nitrogen and oxygen atoms in total. The average molecular weight is 545 g/mol. The summed E-state index contributed by atoms with van der Waals surface area (Å²) in [5.74, 6) is 3.01. The fraction of sp³-hybridized carbons (Fsp3) is 0.188. The summed E-state index contributed by atoms with van der Waals surface area (Å²) in [6.07, 6.45) is 3.47. The van der Waals surface area contributed by atoms with Crippen LogP contribution in [0.3, 0.4) is 0 Å². The number of fused-ring (bicyclic) bond motifs is 1. The monoisotopic (exact) mass is 544 g/mol. The van der Waals surface area contributed by atoms with Crippen molar-refractivity contribution in [2.24, 2.45) is 10.3 Å². The first-order chi connectivity index (χ1) is 19.6. The Morgan fingerprint density at radius 2 is 1.57 bits per heavy atom. The number of rotatable bonds is 5. The lowest BCUT2D eigenvalue weighted by atomic mass is 10.0. The predicted molar refractivity (Wildman–Crippen MR) is 163 cm³/mol. The molecule has 0 amide bonds. The highest BCUT2D eigenvalue weighted by molar-refractivity contribution is 7.85. The number of hydrogen-bond acceptors (Lipinski definition) is 5. The van der Waals surface area contributed by atoms with Crippen molar-refractivity contribution in [1.82, 2.24) is 19.6 Å². The minimum absolute atomic E-state index is 0.210. The number of hydrogen-bond donors (Lipinski definition) is 2. The number of benzene rings is 3. The zero-order valence-electron chi connectivity index (χ0n) is 22.1. The topological polar surface area (TPSA) is 78.1 Å². The second-order valence-corrected chi connectivity index (χ2v) is 10.0. The van der Waals surface area contributed by atoms with Crippen molar-refractivity contribution in [2.45, 2.75) is 26.2 Å². The van der Waals surface area contributed by atoms with E-state index in [1.54, 1.807) is 0 Å². The molecule has 1 aliphatic heterocycles. The van der Waals surface area contributed by atoms with Crippen LogP contribution in [0.5, 0.6) is 0 Å². The molecular formula is C32H28N6OS. The van der Waals surface area contributed by atoms with Gasteiger partial charge in [-0.05, 0) is 54.7 Å². The van der Waals surface area contributed by atoms with E-state index in [4.69, 9.17) is 5.10 Å². The highest BCUT2D eigenvalue weighted by Gasteiger charge is 2.22. The second-order valence-electron chi connectivity index (χ2n) is 9.82. The van der Waals surface area contributed by atoms with E-state index >= 15 is 0 Å². The fourth-order valence-electron chi connectivity index (χ4n) is 5.22. The van der Waals surface area contributed by atoms with Gasteiger partial charge in [-0.15, -0.1) is 5.11 Å². The SMILES string of the molecule is Cc1[nH]c2c(-c3ccccc3)c(-c3ccccc3)nn2c(=O)c1-c1ccc(N=NN2CCCCC2)c(C#CS)c1. The molecule has 1 aliphatic rings. The van der Waals surface area contributed by atoms with Gasteiger partial charge in [0.25, 0.3) is 5.56 Å². The zero-order chi connectivity index (χ0) is 27.5. The minimum atomic E-state index is -0.210. The Bertz CT molecular complexity index is 1820. The maximum atomic E-state index is 14.0. The molecular weight excluding hydrogens is 516 g/mol. The Labute approximate surface area is 238 Å². The van der Waals surface area contributed by atoms with Gasteiger partial charge in [0.15, 0.2) is 0 Å². The van der Waals surface area contributed by atoms with Gasteiger partial charge in [0.2, 0.25) is 0 Å². The van der Waals surface area contributed by atoms with Gasteiger partial charge in [0.05, 0.1) is 16.7 Å². The maximum absolute atomic E-state index is 14.0. The van der Waals surface area contributed by atoms with E-state index in [1.165, 1.54) is 10.9 Å². The molecule has 0 spiro atoms. The van der Waals surface area contributed by atoms with Crippen molar-refractivity contribution in [1.29, 1.82) is 0 Å². The van der Waals surface area contributed by atoms with Crippen LogP contribution in [0.4, 0.5) is 5.69 Å². The number of nitrogens with zero attached hydrogens (tertiary/aromatic N) is 5. The van der Waals surface area contributed by atoms with Crippen molar-refractivity contribution in [2.75, 3.05) is 13.1 Å². The Kier molecular flexibility index (Phi) is 7.21. The van der Waals surface area contributed by atoms with Crippen LogP contribution in [0.25, 0.3) is 39.2 Å². The van der Waals surface area contributed by atoms with Crippen LogP contribution in [-0.2, 0) is 0 Å². The molecule has 0 radical (unpaired) electrons. The molecule has 6 rings (SSSR count). The summed E-state index contributed by atoms with van der Waals surface area (Å²) in [6, 6.07) is 25.6. The van der Waals surface area contributed by atoms with Crippen molar-refractivity contribution in [3.63, 3.8) is 0 Å². The number of aryl methyl sites for hydroxylation is 1. The number of H-pyrrole nitrogens is 1. The Morgan fingerprint density at radius 3 is 2.27 bits per heavy atom. The van der Waals surface area contributed by atoms with Gasteiger partial charge in [0.1, 0.15) is 17.0 Å². The minimum Gasteiger partial charge on any atom is -0.343 e. The third kappa shape index (κ3) is 4.92. The van der Waals surface area contributed by atoms with E-state index in [9.17, 15) is 4.79 Å². The van der Waals surface area contributed by atoms with E-state index in [2.05, 4.69) is 39.1 Å². The van der Waals surface area contributed by atoms with Gasteiger partial charge in [-0.2, -0.15) is 9.61 Å². The van der Waals surface area contributed by atoms with E-state index in [1.807, 2.05) is 90.8 Å². The largest absolute Gasteiger partial charge is 0.343 e. The van der Waals surface area contributed by atoms with Crippen LogP contribution in [0, 0.1) is 18.1 Å². The quantitative estimate of drug-likeness (QED) is 0.141. The molecule has 40 heavy (non-hydrogen) atoms. The smallest absolute Gasteiger partial charge is 0.282 e. The van der Waals surface area contributed by atoms with Crippen LogP contribution >= 0.6 is 12.6 Å². The van der Waals surface area contributed by atoms with Crippen LogP contribution in [-0.4, -0.2) is 32.7 Å². The summed E-state index contributed by atoms with van der Waals surface area (Å²) in [6.45, 7) is 3.72. The molecule has 0 unspecified atom stereocenters. The molecule has 0 aliphatic carbocycles. The number of piperidine rings is 1. The van der Waals surface area contributed by atoms with Gasteiger partial charge in [-0.1, -0.05) is 90.5 Å². The van der Waals surface area contributed by atoms with Crippen molar-refractivity contribution >= 4 is 24.0 Å². The summed E-state index contributed by atoms with van der Waals surface area (Å²) in [4.78, 5) is 17.5.